The van der Waals surface area contributed by atoms with Gasteiger partial charge < -0.3 is 23.6 Å². The number of methoxy groups -OCH3 is 1. The first kappa shape index (κ1) is 26.6. The molecule has 0 amide bonds. The Morgan fingerprint density at radius 1 is 1.03 bits per heavy atom. The SMILES string of the molecule is CCCC1=CC(OCc2ccc(-c3ccccc3)c(COCC)c2)=C(OC)C(C)N1c1noc(C)c1C. The minimum atomic E-state index is -0.0799. The Labute approximate surface area is 220 Å². The summed E-state index contributed by atoms with van der Waals surface area (Å²) in [4.78, 5) is 2.20. The molecular formula is C31H38N2O4. The van der Waals surface area contributed by atoms with Crippen molar-refractivity contribution in [2.45, 2.75) is 66.7 Å². The van der Waals surface area contributed by atoms with E-state index in [4.69, 9.17) is 18.7 Å². The van der Waals surface area contributed by atoms with E-state index < -0.39 is 0 Å². The summed E-state index contributed by atoms with van der Waals surface area (Å²) in [6.45, 7) is 11.9. The van der Waals surface area contributed by atoms with Gasteiger partial charge in [0.05, 0.1) is 19.8 Å². The Morgan fingerprint density at radius 2 is 1.81 bits per heavy atom. The van der Waals surface area contributed by atoms with Crippen LogP contribution in [0.1, 0.15) is 56.1 Å². The van der Waals surface area contributed by atoms with Gasteiger partial charge >= 0.3 is 0 Å². The van der Waals surface area contributed by atoms with Gasteiger partial charge in [0.25, 0.3) is 0 Å². The van der Waals surface area contributed by atoms with Crippen LogP contribution in [-0.2, 0) is 27.4 Å². The van der Waals surface area contributed by atoms with Crippen molar-refractivity contribution in [2.24, 2.45) is 0 Å². The molecule has 3 aromatic rings. The van der Waals surface area contributed by atoms with E-state index in [1.807, 2.05) is 26.8 Å². The first-order valence-corrected chi connectivity index (χ1v) is 13.1. The molecule has 1 atom stereocenters. The molecule has 1 aliphatic rings. The number of anilines is 1. The quantitative estimate of drug-likeness (QED) is 0.271. The number of benzene rings is 2. The number of allylic oxidation sites excluding steroid dienone is 2. The van der Waals surface area contributed by atoms with E-state index in [9.17, 15) is 0 Å². The van der Waals surface area contributed by atoms with Crippen LogP contribution in [0.15, 0.2) is 76.3 Å². The van der Waals surface area contributed by atoms with Crippen LogP contribution in [0.2, 0.25) is 0 Å². The van der Waals surface area contributed by atoms with Crippen LogP contribution in [0.5, 0.6) is 0 Å². The zero-order chi connectivity index (χ0) is 26.4. The molecule has 0 fully saturated rings. The lowest BCUT2D eigenvalue weighted by atomic mass is 9.98. The van der Waals surface area contributed by atoms with Crippen molar-refractivity contribution < 1.29 is 18.7 Å². The van der Waals surface area contributed by atoms with Crippen molar-refractivity contribution >= 4 is 5.82 Å². The fourth-order valence-corrected chi connectivity index (χ4v) is 4.78. The average Bonchev–Trinajstić information content (AvgIpc) is 3.24. The molecular weight excluding hydrogens is 464 g/mol. The van der Waals surface area contributed by atoms with Gasteiger partial charge in [0.1, 0.15) is 12.4 Å². The van der Waals surface area contributed by atoms with E-state index in [0.29, 0.717) is 19.8 Å². The lowest BCUT2D eigenvalue weighted by molar-refractivity contribution is 0.134. The summed E-state index contributed by atoms with van der Waals surface area (Å²) in [6, 6.07) is 16.8. The zero-order valence-electron chi connectivity index (χ0n) is 22.8. The van der Waals surface area contributed by atoms with E-state index in [1.165, 1.54) is 11.1 Å². The van der Waals surface area contributed by atoms with Crippen molar-refractivity contribution in [1.29, 1.82) is 0 Å². The predicted molar refractivity (Wildman–Crippen MR) is 147 cm³/mol. The number of hydrogen-bond acceptors (Lipinski definition) is 6. The van der Waals surface area contributed by atoms with Gasteiger partial charge in [0, 0.05) is 23.9 Å². The summed E-state index contributed by atoms with van der Waals surface area (Å²) in [6.07, 6.45) is 3.98. The summed E-state index contributed by atoms with van der Waals surface area (Å²) in [5, 5.41) is 4.36. The van der Waals surface area contributed by atoms with Gasteiger partial charge in [-0.25, -0.2) is 0 Å². The molecule has 2 aromatic carbocycles. The molecule has 0 saturated carbocycles. The summed E-state index contributed by atoms with van der Waals surface area (Å²) in [7, 11) is 1.70. The molecule has 4 rings (SSSR count). The molecule has 196 valence electrons. The van der Waals surface area contributed by atoms with Gasteiger partial charge in [0.2, 0.25) is 0 Å². The molecule has 6 nitrogen and oxygen atoms in total. The van der Waals surface area contributed by atoms with E-state index in [2.05, 4.69) is 72.4 Å². The van der Waals surface area contributed by atoms with Gasteiger partial charge in [0.15, 0.2) is 17.3 Å². The average molecular weight is 503 g/mol. The zero-order valence-corrected chi connectivity index (χ0v) is 22.8. The Morgan fingerprint density at radius 3 is 2.46 bits per heavy atom. The monoisotopic (exact) mass is 502 g/mol. The van der Waals surface area contributed by atoms with Gasteiger partial charge in [-0.05, 0) is 62.4 Å². The lowest BCUT2D eigenvalue weighted by Crippen LogP contribution is -2.38. The van der Waals surface area contributed by atoms with Crippen molar-refractivity contribution in [3.05, 3.63) is 94.3 Å². The first-order valence-electron chi connectivity index (χ1n) is 13.1. The molecule has 1 unspecified atom stereocenters. The highest BCUT2D eigenvalue weighted by molar-refractivity contribution is 5.67. The summed E-state index contributed by atoms with van der Waals surface area (Å²) in [5.41, 5.74) is 6.77. The Balaban J connectivity index is 1.61. The third kappa shape index (κ3) is 5.75. The minimum Gasteiger partial charge on any atom is -0.495 e. The maximum Gasteiger partial charge on any atom is 0.180 e. The van der Waals surface area contributed by atoms with Crippen molar-refractivity contribution in [3.63, 3.8) is 0 Å². The largest absolute Gasteiger partial charge is 0.495 e. The standard InChI is InChI=1S/C31H38N2O4/c1-7-12-27-18-29(30(34-6)22(4)33(27)31-21(3)23(5)37-32-31)36-19-24-15-16-28(25-13-10-9-11-14-25)26(17-24)20-35-8-2/h9-11,13-18,22H,7-8,12,19-20H2,1-6H3. The Bertz CT molecular complexity index is 1260. The molecule has 0 bridgehead atoms. The van der Waals surface area contributed by atoms with Crippen molar-refractivity contribution in [3.8, 4) is 11.1 Å². The Hall–Kier alpha value is -3.51. The van der Waals surface area contributed by atoms with Gasteiger partial charge in [-0.3, -0.25) is 0 Å². The molecule has 0 aliphatic carbocycles. The molecule has 0 N–H and O–H groups in total. The molecule has 1 aliphatic heterocycles. The third-order valence-electron chi connectivity index (χ3n) is 6.81. The van der Waals surface area contributed by atoms with E-state index in [0.717, 1.165) is 58.3 Å². The van der Waals surface area contributed by atoms with Crippen molar-refractivity contribution in [1.82, 2.24) is 5.16 Å². The number of aromatic nitrogens is 1. The minimum absolute atomic E-state index is 0.0799. The molecule has 37 heavy (non-hydrogen) atoms. The second-order valence-corrected chi connectivity index (χ2v) is 9.33. The smallest absolute Gasteiger partial charge is 0.180 e. The number of hydrogen-bond donors (Lipinski definition) is 0. The number of ether oxygens (including phenoxy) is 3. The normalized spacial score (nSPS) is 15.7. The van der Waals surface area contributed by atoms with E-state index in [1.54, 1.807) is 7.11 Å². The van der Waals surface area contributed by atoms with Crippen LogP contribution >= 0.6 is 0 Å². The highest BCUT2D eigenvalue weighted by Crippen LogP contribution is 2.36. The van der Waals surface area contributed by atoms with E-state index >= 15 is 0 Å². The second kappa shape index (κ2) is 12.2. The van der Waals surface area contributed by atoms with Crippen LogP contribution in [0, 0.1) is 13.8 Å². The molecule has 0 radical (unpaired) electrons. The van der Waals surface area contributed by atoms with Crippen LogP contribution in [0.4, 0.5) is 5.82 Å². The fourth-order valence-electron chi connectivity index (χ4n) is 4.78. The highest BCUT2D eigenvalue weighted by atomic mass is 16.5. The van der Waals surface area contributed by atoms with Gasteiger partial charge in [-0.2, -0.15) is 0 Å². The molecule has 2 heterocycles. The van der Waals surface area contributed by atoms with Crippen LogP contribution in [0.3, 0.4) is 0 Å². The fraction of sp³-hybridized carbons (Fsp3) is 0.387. The highest BCUT2D eigenvalue weighted by Gasteiger charge is 2.33. The van der Waals surface area contributed by atoms with Crippen LogP contribution < -0.4 is 4.90 Å². The Kier molecular flexibility index (Phi) is 8.72. The topological polar surface area (TPSA) is 57.0 Å². The van der Waals surface area contributed by atoms with Crippen LogP contribution in [-0.4, -0.2) is 24.9 Å². The maximum absolute atomic E-state index is 6.41. The molecule has 0 spiro atoms. The number of aryl methyl sites for hydroxylation is 1. The summed E-state index contributed by atoms with van der Waals surface area (Å²) in [5.74, 6) is 3.18. The predicted octanol–water partition coefficient (Wildman–Crippen LogP) is 7.46. The molecule has 6 heteroatoms. The molecule has 1 aromatic heterocycles. The van der Waals surface area contributed by atoms with E-state index in [-0.39, 0.29) is 6.04 Å². The number of rotatable bonds is 11. The van der Waals surface area contributed by atoms with Gasteiger partial charge in [-0.15, -0.1) is 0 Å². The number of nitrogens with zero attached hydrogens (tertiary/aromatic N) is 2. The molecule has 0 saturated heterocycles. The second-order valence-electron chi connectivity index (χ2n) is 9.33. The maximum atomic E-state index is 6.41. The summed E-state index contributed by atoms with van der Waals surface area (Å²) >= 11 is 0. The third-order valence-corrected chi connectivity index (χ3v) is 6.81. The van der Waals surface area contributed by atoms with Gasteiger partial charge in [-0.1, -0.05) is 61.0 Å². The summed E-state index contributed by atoms with van der Waals surface area (Å²) < 4.78 is 23.6. The first-order chi connectivity index (χ1) is 18.0. The van der Waals surface area contributed by atoms with Crippen molar-refractivity contribution in [2.75, 3.05) is 18.6 Å². The van der Waals surface area contributed by atoms with Crippen LogP contribution in [0.25, 0.3) is 11.1 Å². The lowest BCUT2D eigenvalue weighted by Gasteiger charge is -2.36.